The molecule has 0 aromatic heterocycles. The number of sulfonamides is 1. The first-order valence-electron chi connectivity index (χ1n) is 6.42. The number of nitrogens with two attached hydrogens (primary N) is 1. The van der Waals surface area contributed by atoms with Gasteiger partial charge in [-0.1, -0.05) is 13.8 Å². The summed E-state index contributed by atoms with van der Waals surface area (Å²) in [7, 11) is -3.81. The fourth-order valence-corrected chi connectivity index (χ4v) is 2.39. The quantitative estimate of drug-likeness (QED) is 0.616. The van der Waals surface area contributed by atoms with Crippen molar-refractivity contribution in [2.75, 3.05) is 13.2 Å². The molecule has 1 rings (SSSR count). The largest absolute Gasteiger partial charge is 0.493 e. The van der Waals surface area contributed by atoms with E-state index in [-0.39, 0.29) is 4.90 Å². The van der Waals surface area contributed by atoms with Crippen LogP contribution in [0.5, 0.6) is 5.75 Å². The highest BCUT2D eigenvalue weighted by atomic mass is 32.2. The molecule has 21 heavy (non-hydrogen) atoms. The number of benzene rings is 1. The molecule has 1 atom stereocenters. The number of primary amides is 1. The van der Waals surface area contributed by atoms with Crippen LogP contribution in [0.15, 0.2) is 29.2 Å². The van der Waals surface area contributed by atoms with Crippen molar-refractivity contribution in [2.24, 2.45) is 11.7 Å². The maximum absolute atomic E-state index is 11.9. The Labute approximate surface area is 124 Å². The molecule has 0 spiro atoms. The second-order valence-corrected chi connectivity index (χ2v) is 6.71. The van der Waals surface area contributed by atoms with Crippen molar-refractivity contribution in [3.63, 3.8) is 0 Å². The topological polar surface area (TPSA) is 119 Å². The molecule has 118 valence electrons. The zero-order valence-electron chi connectivity index (χ0n) is 11.9. The van der Waals surface area contributed by atoms with E-state index in [0.717, 1.165) is 0 Å². The molecule has 0 fully saturated rings. The third kappa shape index (κ3) is 5.70. The summed E-state index contributed by atoms with van der Waals surface area (Å²) in [6.07, 6.45) is -1.56. The van der Waals surface area contributed by atoms with Crippen molar-refractivity contribution in [3.05, 3.63) is 24.3 Å². The number of aliphatic hydroxyl groups excluding tert-OH is 1. The van der Waals surface area contributed by atoms with Crippen molar-refractivity contribution in [1.82, 2.24) is 4.72 Å². The lowest BCUT2D eigenvalue weighted by Crippen LogP contribution is -2.39. The Morgan fingerprint density at radius 3 is 2.38 bits per heavy atom. The van der Waals surface area contributed by atoms with Gasteiger partial charge in [0.1, 0.15) is 11.9 Å². The molecule has 0 bridgehead atoms. The maximum Gasteiger partial charge on any atom is 0.247 e. The van der Waals surface area contributed by atoms with Crippen LogP contribution in [0.4, 0.5) is 0 Å². The monoisotopic (exact) mass is 316 g/mol. The standard InChI is InChI=1S/C13H20N2O5S/c1-9(2)8-20-10-3-5-11(6-4-10)21(18,19)15-7-12(16)13(14)17/h3-6,9,12,15-16H,7-8H2,1-2H3,(H2,14,17). The van der Waals surface area contributed by atoms with Crippen molar-refractivity contribution >= 4 is 15.9 Å². The first-order valence-corrected chi connectivity index (χ1v) is 7.90. The smallest absolute Gasteiger partial charge is 0.247 e. The molecule has 1 amide bonds. The predicted molar refractivity (Wildman–Crippen MR) is 77.2 cm³/mol. The molecule has 1 unspecified atom stereocenters. The van der Waals surface area contributed by atoms with E-state index < -0.39 is 28.6 Å². The Morgan fingerprint density at radius 1 is 1.33 bits per heavy atom. The SMILES string of the molecule is CC(C)COc1ccc(S(=O)(=O)NCC(O)C(N)=O)cc1. The average Bonchev–Trinajstić information content (AvgIpc) is 2.43. The van der Waals surface area contributed by atoms with E-state index in [1.807, 2.05) is 13.8 Å². The number of ether oxygens (including phenoxy) is 1. The van der Waals surface area contributed by atoms with Gasteiger partial charge in [-0.05, 0) is 30.2 Å². The number of amides is 1. The minimum atomic E-state index is -3.81. The molecular formula is C13H20N2O5S. The van der Waals surface area contributed by atoms with Crippen molar-refractivity contribution < 1.29 is 23.1 Å². The van der Waals surface area contributed by atoms with E-state index in [1.165, 1.54) is 12.1 Å². The maximum atomic E-state index is 11.9. The van der Waals surface area contributed by atoms with Gasteiger partial charge in [0.25, 0.3) is 0 Å². The van der Waals surface area contributed by atoms with Gasteiger partial charge in [-0.15, -0.1) is 0 Å². The van der Waals surface area contributed by atoms with Crippen LogP contribution in [0.3, 0.4) is 0 Å². The first kappa shape index (κ1) is 17.4. The summed E-state index contributed by atoms with van der Waals surface area (Å²) >= 11 is 0. The second kappa shape index (κ2) is 7.39. The molecule has 0 radical (unpaired) electrons. The Hall–Kier alpha value is -1.64. The molecule has 0 heterocycles. The van der Waals surface area contributed by atoms with Crippen LogP contribution in [-0.2, 0) is 14.8 Å². The summed E-state index contributed by atoms with van der Waals surface area (Å²) in [5.74, 6) is -0.0553. The lowest BCUT2D eigenvalue weighted by molar-refractivity contribution is -0.125. The Bertz CT molecular complexity index is 569. The number of carbonyl (C=O) groups excluding carboxylic acids is 1. The van der Waals surface area contributed by atoms with E-state index in [0.29, 0.717) is 18.3 Å². The fraction of sp³-hybridized carbons (Fsp3) is 0.462. The van der Waals surface area contributed by atoms with Crippen molar-refractivity contribution in [1.29, 1.82) is 0 Å². The fourth-order valence-electron chi connectivity index (χ4n) is 1.35. The minimum Gasteiger partial charge on any atom is -0.493 e. The molecule has 8 heteroatoms. The summed E-state index contributed by atoms with van der Waals surface area (Å²) in [4.78, 5) is 10.7. The van der Waals surface area contributed by atoms with Gasteiger partial charge < -0.3 is 15.6 Å². The average molecular weight is 316 g/mol. The highest BCUT2D eigenvalue weighted by Gasteiger charge is 2.18. The van der Waals surface area contributed by atoms with Crippen LogP contribution in [0.25, 0.3) is 0 Å². The van der Waals surface area contributed by atoms with E-state index in [4.69, 9.17) is 10.5 Å². The molecule has 7 nitrogen and oxygen atoms in total. The van der Waals surface area contributed by atoms with Crippen LogP contribution in [-0.4, -0.2) is 38.7 Å². The number of aliphatic hydroxyl groups is 1. The second-order valence-electron chi connectivity index (χ2n) is 4.95. The summed E-state index contributed by atoms with van der Waals surface area (Å²) in [6, 6.07) is 5.85. The number of carbonyl (C=O) groups is 1. The highest BCUT2D eigenvalue weighted by molar-refractivity contribution is 7.89. The summed E-state index contributed by atoms with van der Waals surface area (Å²) in [5.41, 5.74) is 4.84. The molecule has 1 aromatic carbocycles. The van der Waals surface area contributed by atoms with Gasteiger partial charge in [-0.3, -0.25) is 4.79 Å². The first-order chi connectivity index (χ1) is 9.72. The molecule has 0 saturated carbocycles. The van der Waals surface area contributed by atoms with E-state index in [2.05, 4.69) is 4.72 Å². The normalized spacial score (nSPS) is 13.1. The van der Waals surface area contributed by atoms with Gasteiger partial charge in [-0.25, -0.2) is 13.1 Å². The molecular weight excluding hydrogens is 296 g/mol. The van der Waals surface area contributed by atoms with Crippen LogP contribution in [0.1, 0.15) is 13.8 Å². The van der Waals surface area contributed by atoms with Gasteiger partial charge in [0.15, 0.2) is 0 Å². The number of rotatable bonds is 8. The zero-order valence-corrected chi connectivity index (χ0v) is 12.8. The van der Waals surface area contributed by atoms with E-state index in [9.17, 15) is 18.3 Å². The van der Waals surface area contributed by atoms with Gasteiger partial charge >= 0.3 is 0 Å². The summed E-state index contributed by atoms with van der Waals surface area (Å²) in [6.45, 7) is 4.08. The number of hydrogen-bond acceptors (Lipinski definition) is 5. The third-order valence-electron chi connectivity index (χ3n) is 2.51. The number of hydrogen-bond donors (Lipinski definition) is 3. The Balaban J connectivity index is 2.69. The van der Waals surface area contributed by atoms with Crippen molar-refractivity contribution in [2.45, 2.75) is 24.8 Å². The van der Waals surface area contributed by atoms with Crippen LogP contribution in [0.2, 0.25) is 0 Å². The highest BCUT2D eigenvalue weighted by Crippen LogP contribution is 2.16. The molecule has 1 aromatic rings. The Kier molecular flexibility index (Phi) is 6.13. The molecule has 4 N–H and O–H groups in total. The molecule has 0 aliphatic rings. The molecule has 0 saturated heterocycles. The van der Waals surface area contributed by atoms with Crippen LogP contribution in [0, 0.1) is 5.92 Å². The lowest BCUT2D eigenvalue weighted by atomic mass is 10.2. The van der Waals surface area contributed by atoms with Crippen molar-refractivity contribution in [3.8, 4) is 5.75 Å². The summed E-state index contributed by atoms with van der Waals surface area (Å²) < 4.78 is 31.4. The van der Waals surface area contributed by atoms with Gasteiger partial charge in [0.05, 0.1) is 11.5 Å². The van der Waals surface area contributed by atoms with Gasteiger partial charge in [0, 0.05) is 6.54 Å². The van der Waals surface area contributed by atoms with E-state index in [1.54, 1.807) is 12.1 Å². The number of nitrogens with one attached hydrogen (secondary N) is 1. The zero-order chi connectivity index (χ0) is 16.0. The minimum absolute atomic E-state index is 0.0102. The van der Waals surface area contributed by atoms with Gasteiger partial charge in [0.2, 0.25) is 15.9 Å². The van der Waals surface area contributed by atoms with Crippen LogP contribution >= 0.6 is 0 Å². The molecule has 0 aliphatic heterocycles. The predicted octanol–water partition coefficient (Wildman–Crippen LogP) is -0.154. The Morgan fingerprint density at radius 2 is 1.90 bits per heavy atom. The van der Waals surface area contributed by atoms with E-state index >= 15 is 0 Å². The lowest BCUT2D eigenvalue weighted by Gasteiger charge is -2.11. The van der Waals surface area contributed by atoms with Gasteiger partial charge in [-0.2, -0.15) is 0 Å². The summed E-state index contributed by atoms with van der Waals surface area (Å²) in [5, 5.41) is 9.18. The third-order valence-corrected chi connectivity index (χ3v) is 3.95. The molecule has 0 aliphatic carbocycles. The van der Waals surface area contributed by atoms with Crippen LogP contribution < -0.4 is 15.2 Å².